The summed E-state index contributed by atoms with van der Waals surface area (Å²) < 4.78 is 22.3. The quantitative estimate of drug-likeness (QED) is 0.590. The van der Waals surface area contributed by atoms with E-state index in [2.05, 4.69) is 4.98 Å². The average Bonchev–Trinajstić information content (AvgIpc) is 2.58. The van der Waals surface area contributed by atoms with Gasteiger partial charge in [-0.25, -0.2) is 4.98 Å². The second-order valence-corrected chi connectivity index (χ2v) is 8.52. The predicted octanol–water partition coefficient (Wildman–Crippen LogP) is 1.84. The van der Waals surface area contributed by atoms with E-state index in [0.29, 0.717) is 12.1 Å². The molecule has 0 saturated carbocycles. The summed E-state index contributed by atoms with van der Waals surface area (Å²) in [7, 11) is -9.89. The van der Waals surface area contributed by atoms with Gasteiger partial charge < -0.3 is 19.6 Å². The van der Waals surface area contributed by atoms with E-state index in [1.165, 1.54) is 0 Å². The maximum absolute atomic E-state index is 11.2. The van der Waals surface area contributed by atoms with Crippen molar-refractivity contribution in [2.24, 2.45) is 0 Å². The van der Waals surface area contributed by atoms with Crippen LogP contribution in [0.15, 0.2) is 5.38 Å². The van der Waals surface area contributed by atoms with Crippen molar-refractivity contribution < 1.29 is 28.7 Å². The lowest BCUT2D eigenvalue weighted by Gasteiger charge is -2.16. The van der Waals surface area contributed by atoms with Crippen molar-refractivity contribution in [2.75, 3.05) is 0 Å². The Labute approximate surface area is 108 Å². The first-order valence-corrected chi connectivity index (χ1v) is 9.45. The lowest BCUT2D eigenvalue weighted by molar-refractivity contribution is 0.340. The highest BCUT2D eigenvalue weighted by atomic mass is 32.1. The second kappa shape index (κ2) is 5.92. The van der Waals surface area contributed by atoms with Crippen molar-refractivity contribution in [3.63, 3.8) is 0 Å². The summed E-state index contributed by atoms with van der Waals surface area (Å²) in [5.74, 6) is 0. The first-order chi connectivity index (χ1) is 8.16. The number of hydrogen-bond acceptors (Lipinski definition) is 4. The molecule has 18 heavy (non-hydrogen) atoms. The van der Waals surface area contributed by atoms with Gasteiger partial charge in [-0.3, -0.25) is 9.13 Å². The summed E-state index contributed by atoms with van der Waals surface area (Å²) in [4.78, 5) is 40.1. The summed E-state index contributed by atoms with van der Waals surface area (Å²) in [5, 5.41) is -0.781. The van der Waals surface area contributed by atoms with Gasteiger partial charge in [0, 0.05) is 5.38 Å². The molecule has 1 heterocycles. The highest BCUT2D eigenvalue weighted by Gasteiger charge is 2.46. The third-order valence-corrected chi connectivity index (χ3v) is 7.09. The Morgan fingerprint density at radius 2 is 1.83 bits per heavy atom. The van der Waals surface area contributed by atoms with Gasteiger partial charge in [0.15, 0.2) is 0 Å². The van der Waals surface area contributed by atoms with Crippen molar-refractivity contribution in [2.45, 2.75) is 31.6 Å². The van der Waals surface area contributed by atoms with Gasteiger partial charge in [-0.2, -0.15) is 0 Å². The number of hydrogen-bond donors (Lipinski definition) is 4. The van der Waals surface area contributed by atoms with Gasteiger partial charge in [-0.15, -0.1) is 11.3 Å². The summed E-state index contributed by atoms with van der Waals surface area (Å²) in [5.41, 5.74) is 0.601. The molecule has 0 aromatic carbocycles. The van der Waals surface area contributed by atoms with Crippen LogP contribution >= 0.6 is 26.5 Å². The van der Waals surface area contributed by atoms with Gasteiger partial charge in [0.1, 0.15) is 5.01 Å². The third kappa shape index (κ3) is 4.24. The Morgan fingerprint density at radius 3 is 2.28 bits per heavy atom. The van der Waals surface area contributed by atoms with E-state index >= 15 is 0 Å². The van der Waals surface area contributed by atoms with Crippen molar-refractivity contribution in [3.8, 4) is 0 Å². The minimum absolute atomic E-state index is 0.206. The van der Waals surface area contributed by atoms with Crippen LogP contribution in [0, 0.1) is 0 Å². The number of rotatable bonds is 6. The van der Waals surface area contributed by atoms with E-state index in [9.17, 15) is 9.13 Å². The molecule has 0 unspecified atom stereocenters. The fourth-order valence-corrected chi connectivity index (χ4v) is 5.56. The number of aryl methyl sites for hydroxylation is 1. The molecule has 0 aliphatic heterocycles. The summed E-state index contributed by atoms with van der Waals surface area (Å²) in [6.07, 6.45) is 2.43. The van der Waals surface area contributed by atoms with E-state index < -0.39 is 20.6 Å². The average molecular weight is 315 g/mol. The normalized spacial score (nSPS) is 13.2. The van der Waals surface area contributed by atoms with Crippen LogP contribution in [0.5, 0.6) is 0 Å². The first-order valence-electron chi connectivity index (χ1n) is 5.21. The molecular formula is C8H15NO6P2S. The molecule has 0 bridgehead atoms. The Hall–Kier alpha value is -0.0700. The van der Waals surface area contributed by atoms with E-state index in [4.69, 9.17) is 19.6 Å². The van der Waals surface area contributed by atoms with Crippen LogP contribution in [0.1, 0.15) is 35.9 Å². The minimum atomic E-state index is -4.95. The van der Waals surface area contributed by atoms with Crippen LogP contribution in [-0.2, 0) is 15.6 Å². The monoisotopic (exact) mass is 315 g/mol. The molecule has 0 fully saturated rings. The zero-order chi connectivity index (χ0) is 14.0. The number of unbranched alkanes of at least 4 members (excludes halogenated alkanes) is 1. The summed E-state index contributed by atoms with van der Waals surface area (Å²) >= 11 is 0.866. The molecule has 0 radical (unpaired) electrons. The number of aromatic nitrogens is 1. The molecule has 0 saturated heterocycles. The molecule has 10 heteroatoms. The van der Waals surface area contributed by atoms with Crippen molar-refractivity contribution in [3.05, 3.63) is 16.1 Å². The van der Waals surface area contributed by atoms with Crippen LogP contribution in [0.4, 0.5) is 0 Å². The zero-order valence-electron chi connectivity index (χ0n) is 9.63. The van der Waals surface area contributed by atoms with Gasteiger partial charge in [-0.05, 0) is 12.8 Å². The Bertz CT molecular complexity index is 470. The van der Waals surface area contributed by atoms with E-state index in [1.807, 2.05) is 6.92 Å². The van der Waals surface area contributed by atoms with Crippen LogP contribution in [-0.4, -0.2) is 24.6 Å². The smallest absolute Gasteiger partial charge is 0.323 e. The van der Waals surface area contributed by atoms with E-state index in [0.717, 1.165) is 24.2 Å². The Morgan fingerprint density at radius 1 is 1.28 bits per heavy atom. The lowest BCUT2D eigenvalue weighted by Crippen LogP contribution is -2.01. The van der Waals surface area contributed by atoms with Crippen LogP contribution in [0.2, 0.25) is 0 Å². The van der Waals surface area contributed by atoms with E-state index in [-0.39, 0.29) is 5.01 Å². The maximum Gasteiger partial charge on any atom is 0.347 e. The Balaban J connectivity index is 3.05. The molecule has 0 amide bonds. The van der Waals surface area contributed by atoms with Crippen LogP contribution in [0.25, 0.3) is 0 Å². The van der Waals surface area contributed by atoms with Gasteiger partial charge in [0.05, 0.1) is 5.69 Å². The molecule has 0 aliphatic carbocycles. The van der Waals surface area contributed by atoms with Gasteiger partial charge in [-0.1, -0.05) is 13.3 Å². The number of thiazole rings is 1. The topological polar surface area (TPSA) is 128 Å². The summed E-state index contributed by atoms with van der Waals surface area (Å²) in [6.45, 7) is 1.99. The molecule has 0 spiro atoms. The van der Waals surface area contributed by atoms with Crippen molar-refractivity contribution >= 4 is 26.5 Å². The molecule has 0 atom stereocenters. The zero-order valence-corrected chi connectivity index (χ0v) is 12.2. The highest BCUT2D eigenvalue weighted by Crippen LogP contribution is 2.70. The molecular weight excluding hydrogens is 300 g/mol. The standard InChI is InChI=1S/C8H15NO6P2S/c1-2-3-4-6-5-18-7(9-6)8(16(10,11)12)17(13,14)15/h5,8H,2-4H2,1H3,(H2,10,11,12)(H2,13,14,15). The molecule has 1 rings (SSSR count). The first kappa shape index (κ1) is 16.0. The highest BCUT2D eigenvalue weighted by molar-refractivity contribution is 7.70. The van der Waals surface area contributed by atoms with Gasteiger partial charge in [0.25, 0.3) is 0 Å². The third-order valence-electron chi connectivity index (χ3n) is 2.21. The fraction of sp³-hybridized carbons (Fsp3) is 0.625. The molecule has 1 aromatic rings. The molecule has 1 aromatic heterocycles. The second-order valence-electron chi connectivity index (χ2n) is 3.83. The van der Waals surface area contributed by atoms with Crippen LogP contribution < -0.4 is 0 Å². The van der Waals surface area contributed by atoms with Crippen molar-refractivity contribution in [1.82, 2.24) is 4.98 Å². The van der Waals surface area contributed by atoms with Crippen molar-refractivity contribution in [1.29, 1.82) is 0 Å². The van der Waals surface area contributed by atoms with Gasteiger partial charge >= 0.3 is 15.2 Å². The number of nitrogens with zero attached hydrogens (tertiary/aromatic N) is 1. The summed E-state index contributed by atoms with van der Waals surface area (Å²) in [6, 6.07) is 0. The van der Waals surface area contributed by atoms with E-state index in [1.54, 1.807) is 5.38 Å². The largest absolute Gasteiger partial charge is 0.347 e. The fourth-order valence-electron chi connectivity index (χ4n) is 1.40. The maximum atomic E-state index is 11.2. The van der Waals surface area contributed by atoms with Crippen LogP contribution in [0.3, 0.4) is 0 Å². The van der Waals surface area contributed by atoms with Gasteiger partial charge in [0.2, 0.25) is 5.40 Å². The molecule has 104 valence electrons. The molecule has 4 N–H and O–H groups in total. The minimum Gasteiger partial charge on any atom is -0.323 e. The Kier molecular flexibility index (Phi) is 5.26. The molecule has 7 nitrogen and oxygen atoms in total. The predicted molar refractivity (Wildman–Crippen MR) is 67.6 cm³/mol. The lowest BCUT2D eigenvalue weighted by atomic mass is 10.2. The SMILES string of the molecule is CCCCc1csc(C(P(=O)(O)O)P(=O)(O)O)n1. The molecule has 0 aliphatic rings.